The average molecular weight is 397 g/mol. The Kier molecular flexibility index (Phi) is 6.82. The third kappa shape index (κ3) is 4.20. The van der Waals surface area contributed by atoms with Crippen molar-refractivity contribution < 1.29 is 13.9 Å². The van der Waals surface area contributed by atoms with Crippen molar-refractivity contribution >= 4 is 8.32 Å². The largest absolute Gasteiger partial charge is 0.413 e. The smallest absolute Gasteiger partial charge is 0.192 e. The molecule has 0 N–H and O–H groups in total. The molecule has 3 fully saturated rings. The fourth-order valence-electron chi connectivity index (χ4n) is 5.77. The molecule has 1 saturated heterocycles. The summed E-state index contributed by atoms with van der Waals surface area (Å²) in [5.41, 5.74) is 0. The summed E-state index contributed by atoms with van der Waals surface area (Å²) in [7, 11) is 0.0714. The maximum absolute atomic E-state index is 7.02. The second-order valence-electron chi connectivity index (χ2n) is 10.9. The molecule has 0 aromatic heterocycles. The van der Waals surface area contributed by atoms with Crippen LogP contribution in [0.2, 0.25) is 18.1 Å². The molecule has 27 heavy (non-hydrogen) atoms. The first-order valence-corrected chi connectivity index (χ1v) is 14.5. The summed E-state index contributed by atoms with van der Waals surface area (Å²) in [6, 6.07) is 0. The highest BCUT2D eigenvalue weighted by atomic mass is 28.4. The maximum atomic E-state index is 7.02. The molecule has 158 valence electrons. The number of fused-ring (bicyclic) bond motifs is 1. The molecular formula is C23H44O3Si. The number of methoxy groups -OCH3 is 1. The molecule has 3 nitrogen and oxygen atoms in total. The lowest BCUT2D eigenvalue weighted by atomic mass is 9.77. The van der Waals surface area contributed by atoms with Crippen LogP contribution in [-0.2, 0) is 13.9 Å². The van der Waals surface area contributed by atoms with Gasteiger partial charge in [0.25, 0.3) is 0 Å². The number of unbranched alkanes of at least 4 members (excludes halogenated alkanes) is 5. The van der Waals surface area contributed by atoms with E-state index in [0.717, 1.165) is 5.92 Å². The van der Waals surface area contributed by atoms with Crippen LogP contribution in [0.5, 0.6) is 0 Å². The minimum atomic E-state index is -1.76. The van der Waals surface area contributed by atoms with Crippen LogP contribution in [0, 0.1) is 23.7 Å². The van der Waals surface area contributed by atoms with Crippen LogP contribution in [0.3, 0.4) is 0 Å². The van der Waals surface area contributed by atoms with Gasteiger partial charge in [0.05, 0.1) is 12.2 Å². The first kappa shape index (κ1) is 21.8. The second kappa shape index (κ2) is 8.45. The summed E-state index contributed by atoms with van der Waals surface area (Å²) in [6.45, 7) is 14.2. The van der Waals surface area contributed by atoms with Gasteiger partial charge in [-0.2, -0.15) is 0 Å². The Bertz CT molecular complexity index is 487. The Hall–Kier alpha value is 0.0969. The lowest BCUT2D eigenvalue weighted by Crippen LogP contribution is -2.45. The highest BCUT2D eigenvalue weighted by Crippen LogP contribution is 2.62. The number of rotatable bonds is 10. The molecule has 0 amide bonds. The van der Waals surface area contributed by atoms with Crippen LogP contribution in [0.15, 0.2) is 0 Å². The minimum absolute atomic E-state index is 0.00288. The molecule has 1 heterocycles. The third-order valence-electron chi connectivity index (χ3n) is 8.21. The molecule has 1 aliphatic heterocycles. The monoisotopic (exact) mass is 396 g/mol. The number of hydrogen-bond acceptors (Lipinski definition) is 3. The molecule has 3 aliphatic rings. The Labute approximate surface area is 169 Å². The Morgan fingerprint density at radius 1 is 1.00 bits per heavy atom. The summed E-state index contributed by atoms with van der Waals surface area (Å²) in [4.78, 5) is 0. The summed E-state index contributed by atoms with van der Waals surface area (Å²) in [5.74, 6) is 2.55. The van der Waals surface area contributed by atoms with Gasteiger partial charge in [-0.05, 0) is 42.8 Å². The molecule has 0 spiro atoms. The van der Waals surface area contributed by atoms with Crippen molar-refractivity contribution in [1.82, 2.24) is 0 Å². The summed E-state index contributed by atoms with van der Waals surface area (Å²) in [5, 5.41) is 0.268. The standard InChI is InChI=1S/C23H44O3Si/c1-8-9-10-11-12-13-14-16-17-15-18-20(19(16)22(24-5)25-18)21(17)26-27(6,7)23(2,3)4/h16-22H,8-15H2,1-7H3/t16-,17?,18?,19?,20?,21-,22+/m1/s1. The lowest BCUT2D eigenvalue weighted by Gasteiger charge is -2.39. The topological polar surface area (TPSA) is 27.7 Å². The molecule has 0 aromatic carbocycles. The number of hydrogen-bond donors (Lipinski definition) is 0. The molecule has 4 unspecified atom stereocenters. The van der Waals surface area contributed by atoms with Gasteiger partial charge in [-0.15, -0.1) is 0 Å². The molecule has 2 saturated carbocycles. The molecule has 0 aromatic rings. The third-order valence-corrected chi connectivity index (χ3v) is 12.7. The lowest BCUT2D eigenvalue weighted by molar-refractivity contribution is -0.130. The second-order valence-corrected chi connectivity index (χ2v) is 15.7. The minimum Gasteiger partial charge on any atom is -0.413 e. The van der Waals surface area contributed by atoms with Crippen LogP contribution >= 0.6 is 0 Å². The van der Waals surface area contributed by atoms with Gasteiger partial charge in [0.1, 0.15) is 0 Å². The quantitative estimate of drug-likeness (QED) is 0.317. The van der Waals surface area contributed by atoms with Crippen LogP contribution < -0.4 is 0 Å². The molecule has 0 radical (unpaired) electrons. The summed E-state index contributed by atoms with van der Waals surface area (Å²) >= 11 is 0. The van der Waals surface area contributed by atoms with Crippen LogP contribution in [-0.4, -0.2) is 33.9 Å². The Morgan fingerprint density at radius 3 is 2.30 bits per heavy atom. The average Bonchev–Trinajstić information content (AvgIpc) is 3.15. The predicted molar refractivity (Wildman–Crippen MR) is 114 cm³/mol. The van der Waals surface area contributed by atoms with Crippen molar-refractivity contribution in [1.29, 1.82) is 0 Å². The van der Waals surface area contributed by atoms with Crippen LogP contribution in [0.4, 0.5) is 0 Å². The zero-order valence-electron chi connectivity index (χ0n) is 18.9. The molecule has 3 rings (SSSR count). The first-order chi connectivity index (χ1) is 12.7. The van der Waals surface area contributed by atoms with Crippen molar-refractivity contribution in [2.75, 3.05) is 7.11 Å². The van der Waals surface area contributed by atoms with Crippen molar-refractivity contribution in [2.24, 2.45) is 23.7 Å². The van der Waals surface area contributed by atoms with Gasteiger partial charge in [-0.3, -0.25) is 0 Å². The van der Waals surface area contributed by atoms with Gasteiger partial charge in [-0.1, -0.05) is 66.2 Å². The van der Waals surface area contributed by atoms with E-state index in [1.54, 1.807) is 0 Å². The van der Waals surface area contributed by atoms with Crippen molar-refractivity contribution in [3.05, 3.63) is 0 Å². The molecule has 7 atom stereocenters. The van der Waals surface area contributed by atoms with Crippen molar-refractivity contribution in [3.8, 4) is 0 Å². The van der Waals surface area contributed by atoms with Crippen LogP contribution in [0.1, 0.15) is 79.1 Å². The van der Waals surface area contributed by atoms with E-state index in [9.17, 15) is 0 Å². The highest BCUT2D eigenvalue weighted by Gasteiger charge is 2.67. The van der Waals surface area contributed by atoms with E-state index in [2.05, 4.69) is 40.8 Å². The van der Waals surface area contributed by atoms with Crippen LogP contribution in [0.25, 0.3) is 0 Å². The fraction of sp³-hybridized carbons (Fsp3) is 1.00. The van der Waals surface area contributed by atoms with Gasteiger partial charge >= 0.3 is 0 Å². The van der Waals surface area contributed by atoms with E-state index < -0.39 is 8.32 Å². The van der Waals surface area contributed by atoms with E-state index in [0.29, 0.717) is 30.0 Å². The summed E-state index contributed by atoms with van der Waals surface area (Å²) in [6.07, 6.45) is 11.6. The van der Waals surface area contributed by atoms with Gasteiger partial charge < -0.3 is 13.9 Å². The van der Waals surface area contributed by atoms with Gasteiger partial charge in [0.2, 0.25) is 0 Å². The molecule has 2 aliphatic carbocycles. The molecule has 2 bridgehead atoms. The zero-order chi connectivity index (χ0) is 19.8. The highest BCUT2D eigenvalue weighted by molar-refractivity contribution is 6.74. The Morgan fingerprint density at radius 2 is 1.67 bits per heavy atom. The Balaban J connectivity index is 1.65. The van der Waals surface area contributed by atoms with E-state index in [1.165, 1.54) is 51.4 Å². The molecular weight excluding hydrogens is 352 g/mol. The van der Waals surface area contributed by atoms with E-state index in [1.807, 2.05) is 7.11 Å². The van der Waals surface area contributed by atoms with Crippen molar-refractivity contribution in [3.63, 3.8) is 0 Å². The first-order valence-electron chi connectivity index (χ1n) is 11.6. The fourth-order valence-corrected chi connectivity index (χ4v) is 7.13. The SMILES string of the molecule is CCCCCCCC[C@H]1C2C3C(CC1[C@H]3O[Si](C)(C)C(C)(C)C)O[C@@H]2OC. The predicted octanol–water partition coefficient (Wildman–Crippen LogP) is 6.38. The maximum Gasteiger partial charge on any atom is 0.192 e. The van der Waals surface area contributed by atoms with Gasteiger partial charge in [0, 0.05) is 18.9 Å². The van der Waals surface area contributed by atoms with E-state index >= 15 is 0 Å². The van der Waals surface area contributed by atoms with E-state index in [-0.39, 0.29) is 11.3 Å². The van der Waals surface area contributed by atoms with E-state index in [4.69, 9.17) is 13.9 Å². The van der Waals surface area contributed by atoms with Crippen molar-refractivity contribution in [2.45, 2.75) is 116 Å². The zero-order valence-corrected chi connectivity index (χ0v) is 19.9. The van der Waals surface area contributed by atoms with Gasteiger partial charge in [-0.25, -0.2) is 0 Å². The number of ether oxygens (including phenoxy) is 2. The normalized spacial score (nSPS) is 38.1. The summed E-state index contributed by atoms with van der Waals surface area (Å²) < 4.78 is 19.1. The van der Waals surface area contributed by atoms with Gasteiger partial charge in [0.15, 0.2) is 14.6 Å². The molecule has 4 heteroatoms.